The molecule has 0 bridgehead atoms. The lowest BCUT2D eigenvalue weighted by Crippen LogP contribution is -1.94. The zero-order valence-electron chi connectivity index (χ0n) is 9.71. The highest BCUT2D eigenvalue weighted by Gasteiger charge is 2.02. The smallest absolute Gasteiger partial charge is 0.0991 e. The van der Waals surface area contributed by atoms with Gasteiger partial charge in [0.05, 0.1) is 11.6 Å². The van der Waals surface area contributed by atoms with Gasteiger partial charge in [0.25, 0.3) is 0 Å². The zero-order chi connectivity index (χ0) is 11.1. The minimum absolute atomic E-state index is 0.790. The van der Waals surface area contributed by atoms with Gasteiger partial charge in [-0.1, -0.05) is 32.8 Å². The Kier molecular flexibility index (Phi) is 4.90. The third kappa shape index (κ3) is 3.40. The van der Waals surface area contributed by atoms with Crippen LogP contribution in [0.4, 0.5) is 0 Å². The van der Waals surface area contributed by atoms with Gasteiger partial charge < -0.3 is 0 Å². The van der Waals surface area contributed by atoms with Crippen molar-refractivity contribution in [2.24, 2.45) is 0 Å². The normalized spacial score (nSPS) is 9.93. The van der Waals surface area contributed by atoms with Crippen LogP contribution < -0.4 is 0 Å². The van der Waals surface area contributed by atoms with Crippen LogP contribution in [0, 0.1) is 11.3 Å². The molecule has 1 rings (SSSR count). The van der Waals surface area contributed by atoms with Crippen LogP contribution in [0.1, 0.15) is 49.8 Å². The predicted molar refractivity (Wildman–Crippen MR) is 63.8 cm³/mol. The van der Waals surface area contributed by atoms with Gasteiger partial charge in [-0.05, 0) is 42.5 Å². The van der Waals surface area contributed by atoms with E-state index >= 15 is 0 Å². The van der Waals surface area contributed by atoms with Crippen molar-refractivity contribution >= 4 is 0 Å². The SMILES string of the molecule is CCCCCc1cc(C#N)ccc1CC. The monoisotopic (exact) mass is 201 g/mol. The second-order valence-corrected chi connectivity index (χ2v) is 3.91. The van der Waals surface area contributed by atoms with Crippen molar-refractivity contribution in [2.75, 3.05) is 0 Å². The highest BCUT2D eigenvalue weighted by molar-refractivity contribution is 5.38. The highest BCUT2D eigenvalue weighted by atomic mass is 14.2. The maximum absolute atomic E-state index is 8.85. The molecule has 0 atom stereocenters. The molecule has 0 aliphatic rings. The Morgan fingerprint density at radius 2 is 1.93 bits per heavy atom. The molecule has 0 aliphatic heterocycles. The predicted octanol–water partition coefficient (Wildman–Crippen LogP) is 3.85. The Morgan fingerprint density at radius 3 is 2.53 bits per heavy atom. The summed E-state index contributed by atoms with van der Waals surface area (Å²) < 4.78 is 0. The van der Waals surface area contributed by atoms with Crippen LogP contribution >= 0.6 is 0 Å². The third-order valence-electron chi connectivity index (χ3n) is 2.77. The first-order valence-corrected chi connectivity index (χ1v) is 5.83. The number of aryl methyl sites for hydroxylation is 2. The number of hydrogen-bond acceptors (Lipinski definition) is 1. The molecule has 0 unspecified atom stereocenters. The van der Waals surface area contributed by atoms with E-state index in [1.54, 1.807) is 0 Å². The summed E-state index contributed by atoms with van der Waals surface area (Å²) in [5.74, 6) is 0. The molecule has 15 heavy (non-hydrogen) atoms. The Balaban J connectivity index is 2.78. The lowest BCUT2D eigenvalue weighted by Gasteiger charge is -2.07. The quantitative estimate of drug-likeness (QED) is 0.664. The molecular formula is C14H19N. The number of benzene rings is 1. The minimum atomic E-state index is 0.790. The van der Waals surface area contributed by atoms with Crippen molar-refractivity contribution < 1.29 is 0 Å². The summed E-state index contributed by atoms with van der Waals surface area (Å²) in [5.41, 5.74) is 3.55. The Labute approximate surface area is 92.7 Å². The summed E-state index contributed by atoms with van der Waals surface area (Å²) in [5, 5.41) is 8.85. The summed E-state index contributed by atoms with van der Waals surface area (Å²) in [7, 11) is 0. The zero-order valence-corrected chi connectivity index (χ0v) is 9.71. The van der Waals surface area contributed by atoms with Crippen LogP contribution in [-0.2, 0) is 12.8 Å². The van der Waals surface area contributed by atoms with Crippen molar-refractivity contribution in [3.63, 3.8) is 0 Å². The molecule has 0 spiro atoms. The van der Waals surface area contributed by atoms with E-state index in [-0.39, 0.29) is 0 Å². The van der Waals surface area contributed by atoms with Gasteiger partial charge in [0.2, 0.25) is 0 Å². The molecular weight excluding hydrogens is 182 g/mol. The maximum Gasteiger partial charge on any atom is 0.0991 e. The average molecular weight is 201 g/mol. The van der Waals surface area contributed by atoms with E-state index in [0.717, 1.165) is 18.4 Å². The molecule has 0 heterocycles. The number of nitrogens with zero attached hydrogens (tertiary/aromatic N) is 1. The molecule has 0 aromatic heterocycles. The highest BCUT2D eigenvalue weighted by Crippen LogP contribution is 2.15. The van der Waals surface area contributed by atoms with Gasteiger partial charge in [0.1, 0.15) is 0 Å². The van der Waals surface area contributed by atoms with Gasteiger partial charge in [-0.25, -0.2) is 0 Å². The lowest BCUT2D eigenvalue weighted by atomic mass is 9.97. The third-order valence-corrected chi connectivity index (χ3v) is 2.77. The fourth-order valence-corrected chi connectivity index (χ4v) is 1.84. The van der Waals surface area contributed by atoms with Gasteiger partial charge in [0, 0.05) is 0 Å². The topological polar surface area (TPSA) is 23.8 Å². The van der Waals surface area contributed by atoms with Gasteiger partial charge in [0.15, 0.2) is 0 Å². The van der Waals surface area contributed by atoms with Crippen LogP contribution in [0.25, 0.3) is 0 Å². The van der Waals surface area contributed by atoms with Crippen molar-refractivity contribution in [1.82, 2.24) is 0 Å². The lowest BCUT2D eigenvalue weighted by molar-refractivity contribution is 0.713. The molecule has 1 aromatic carbocycles. The first-order chi connectivity index (χ1) is 7.31. The fraction of sp³-hybridized carbons (Fsp3) is 0.500. The summed E-state index contributed by atoms with van der Waals surface area (Å²) in [6.45, 7) is 4.39. The first-order valence-electron chi connectivity index (χ1n) is 5.83. The molecule has 0 aliphatic carbocycles. The van der Waals surface area contributed by atoms with E-state index < -0.39 is 0 Å². The molecule has 1 nitrogen and oxygen atoms in total. The second-order valence-electron chi connectivity index (χ2n) is 3.91. The summed E-state index contributed by atoms with van der Waals surface area (Å²) in [6.07, 6.45) is 5.94. The van der Waals surface area contributed by atoms with Gasteiger partial charge in [-0.15, -0.1) is 0 Å². The summed E-state index contributed by atoms with van der Waals surface area (Å²) >= 11 is 0. The standard InChI is InChI=1S/C14H19N/c1-3-5-6-7-14-10-12(11-15)8-9-13(14)4-2/h8-10H,3-7H2,1-2H3. The Hall–Kier alpha value is -1.29. The van der Waals surface area contributed by atoms with Crippen molar-refractivity contribution in [1.29, 1.82) is 5.26 Å². The molecule has 0 saturated heterocycles. The molecule has 1 aromatic rings. The van der Waals surface area contributed by atoms with E-state index in [9.17, 15) is 0 Å². The minimum Gasteiger partial charge on any atom is -0.192 e. The van der Waals surface area contributed by atoms with Crippen LogP contribution in [0.2, 0.25) is 0 Å². The van der Waals surface area contributed by atoms with E-state index in [2.05, 4.69) is 32.0 Å². The van der Waals surface area contributed by atoms with E-state index in [1.807, 2.05) is 6.07 Å². The Bertz CT molecular complexity index is 347. The van der Waals surface area contributed by atoms with Gasteiger partial charge >= 0.3 is 0 Å². The molecule has 0 saturated carbocycles. The van der Waals surface area contributed by atoms with Crippen molar-refractivity contribution in [3.8, 4) is 6.07 Å². The maximum atomic E-state index is 8.85. The number of unbranched alkanes of at least 4 members (excludes halogenated alkanes) is 2. The van der Waals surface area contributed by atoms with Crippen LogP contribution in [0.5, 0.6) is 0 Å². The summed E-state index contributed by atoms with van der Waals surface area (Å²) in [4.78, 5) is 0. The second kappa shape index (κ2) is 6.24. The van der Waals surface area contributed by atoms with Crippen LogP contribution in [0.3, 0.4) is 0 Å². The largest absolute Gasteiger partial charge is 0.192 e. The summed E-state index contributed by atoms with van der Waals surface area (Å²) in [6, 6.07) is 8.28. The van der Waals surface area contributed by atoms with E-state index in [1.165, 1.54) is 30.4 Å². The number of nitriles is 1. The molecule has 0 radical (unpaired) electrons. The Morgan fingerprint density at radius 1 is 1.13 bits per heavy atom. The number of rotatable bonds is 5. The van der Waals surface area contributed by atoms with Crippen LogP contribution in [0.15, 0.2) is 18.2 Å². The fourth-order valence-electron chi connectivity index (χ4n) is 1.84. The van der Waals surface area contributed by atoms with E-state index in [4.69, 9.17) is 5.26 Å². The van der Waals surface area contributed by atoms with Gasteiger partial charge in [-0.3, -0.25) is 0 Å². The average Bonchev–Trinajstić information content (AvgIpc) is 2.29. The molecule has 0 amide bonds. The molecule has 0 fully saturated rings. The first kappa shape index (κ1) is 11.8. The van der Waals surface area contributed by atoms with Crippen molar-refractivity contribution in [2.45, 2.75) is 46.0 Å². The van der Waals surface area contributed by atoms with Crippen molar-refractivity contribution in [3.05, 3.63) is 34.9 Å². The van der Waals surface area contributed by atoms with E-state index in [0.29, 0.717) is 0 Å². The molecule has 80 valence electrons. The van der Waals surface area contributed by atoms with Gasteiger partial charge in [-0.2, -0.15) is 5.26 Å². The molecule has 0 N–H and O–H groups in total. The molecule has 1 heteroatoms. The van der Waals surface area contributed by atoms with Crippen LogP contribution in [-0.4, -0.2) is 0 Å². The number of hydrogen-bond donors (Lipinski definition) is 0.